The predicted octanol–water partition coefficient (Wildman–Crippen LogP) is 3.88. The van der Waals surface area contributed by atoms with Crippen LogP contribution in [0, 0.1) is 5.82 Å². The molecule has 31 heavy (non-hydrogen) atoms. The lowest BCUT2D eigenvalue weighted by Crippen LogP contribution is -2.30. The van der Waals surface area contributed by atoms with Gasteiger partial charge in [0.2, 0.25) is 11.7 Å². The van der Waals surface area contributed by atoms with E-state index in [0.29, 0.717) is 41.7 Å². The number of likely N-dealkylation sites (tertiary alicyclic amines) is 1. The molecule has 1 unspecified atom stereocenters. The molecule has 1 saturated heterocycles. The molecule has 2 heterocycles. The Hall–Kier alpha value is -3.62. The Morgan fingerprint density at radius 2 is 1.81 bits per heavy atom. The Labute approximate surface area is 178 Å². The molecule has 0 bridgehead atoms. The second-order valence-electron chi connectivity index (χ2n) is 7.03. The van der Waals surface area contributed by atoms with E-state index in [2.05, 4.69) is 10.1 Å². The molecule has 0 aliphatic carbocycles. The van der Waals surface area contributed by atoms with E-state index in [1.165, 1.54) is 19.2 Å². The Balaban J connectivity index is 1.58. The van der Waals surface area contributed by atoms with Crippen molar-refractivity contribution in [2.45, 2.75) is 18.9 Å². The van der Waals surface area contributed by atoms with Gasteiger partial charge in [0.05, 0.1) is 21.3 Å². The molecule has 0 radical (unpaired) electrons. The molecule has 1 aliphatic rings. The maximum absolute atomic E-state index is 14.1. The summed E-state index contributed by atoms with van der Waals surface area (Å²) in [5, 5.41) is 4.07. The van der Waals surface area contributed by atoms with Gasteiger partial charge in [-0.2, -0.15) is 4.98 Å². The van der Waals surface area contributed by atoms with Gasteiger partial charge in [0.25, 0.3) is 5.91 Å². The Kier molecular flexibility index (Phi) is 5.75. The van der Waals surface area contributed by atoms with Crippen LogP contribution in [0.5, 0.6) is 17.2 Å². The second-order valence-corrected chi connectivity index (χ2v) is 7.03. The summed E-state index contributed by atoms with van der Waals surface area (Å²) < 4.78 is 35.1. The van der Waals surface area contributed by atoms with Crippen molar-refractivity contribution in [1.29, 1.82) is 0 Å². The molecule has 1 aliphatic heterocycles. The summed E-state index contributed by atoms with van der Waals surface area (Å²) in [6.45, 7) is 0.519. The molecule has 1 fully saturated rings. The number of benzene rings is 2. The number of nitrogens with zero attached hydrogens (tertiary/aromatic N) is 3. The number of halogens is 1. The smallest absolute Gasteiger partial charge is 0.254 e. The summed E-state index contributed by atoms with van der Waals surface area (Å²) in [7, 11) is 4.49. The first-order valence-electron chi connectivity index (χ1n) is 9.76. The third-order valence-corrected chi connectivity index (χ3v) is 5.28. The van der Waals surface area contributed by atoms with E-state index in [1.54, 1.807) is 43.4 Å². The zero-order chi connectivity index (χ0) is 22.0. The number of amides is 1. The van der Waals surface area contributed by atoms with Crippen molar-refractivity contribution >= 4 is 5.91 Å². The average molecular weight is 427 g/mol. The number of carbonyl (C=O) groups excluding carboxylic acids is 1. The number of carbonyl (C=O) groups is 1. The van der Waals surface area contributed by atoms with Crippen molar-refractivity contribution in [3.8, 4) is 28.6 Å². The number of hydrogen-bond donors (Lipinski definition) is 0. The van der Waals surface area contributed by atoms with Gasteiger partial charge >= 0.3 is 0 Å². The van der Waals surface area contributed by atoms with Gasteiger partial charge in [-0.05, 0) is 49.2 Å². The van der Waals surface area contributed by atoms with E-state index in [4.69, 9.17) is 18.7 Å². The first-order valence-corrected chi connectivity index (χ1v) is 9.76. The number of hydrogen-bond acceptors (Lipinski definition) is 7. The van der Waals surface area contributed by atoms with Crippen molar-refractivity contribution in [2.24, 2.45) is 0 Å². The van der Waals surface area contributed by atoms with Crippen LogP contribution in [0.1, 0.15) is 35.1 Å². The summed E-state index contributed by atoms with van der Waals surface area (Å²) in [5.74, 6) is 1.06. The topological polar surface area (TPSA) is 86.9 Å². The van der Waals surface area contributed by atoms with Gasteiger partial charge in [-0.3, -0.25) is 4.79 Å². The van der Waals surface area contributed by atoms with Crippen molar-refractivity contribution in [3.05, 3.63) is 53.7 Å². The van der Waals surface area contributed by atoms with Crippen LogP contribution in [0.25, 0.3) is 11.4 Å². The summed E-state index contributed by atoms with van der Waals surface area (Å²) in [4.78, 5) is 19.1. The molecule has 2 aromatic carbocycles. The molecule has 1 atom stereocenters. The minimum absolute atomic E-state index is 0.0889. The van der Waals surface area contributed by atoms with E-state index < -0.39 is 5.82 Å². The van der Waals surface area contributed by atoms with Gasteiger partial charge in [-0.1, -0.05) is 5.16 Å². The van der Waals surface area contributed by atoms with Crippen LogP contribution >= 0.6 is 0 Å². The first kappa shape index (κ1) is 20.6. The maximum Gasteiger partial charge on any atom is 0.254 e. The molecule has 1 aromatic heterocycles. The third kappa shape index (κ3) is 3.90. The highest BCUT2D eigenvalue weighted by Gasteiger charge is 2.35. The minimum atomic E-state index is -0.586. The SMILES string of the molecule is COc1ccc(C(=O)N2CCCC2c2nc(-c3ccc(OC)c(OC)c3)no2)cc1F. The monoisotopic (exact) mass is 427 g/mol. The second kappa shape index (κ2) is 8.63. The highest BCUT2D eigenvalue weighted by atomic mass is 19.1. The van der Waals surface area contributed by atoms with Crippen molar-refractivity contribution in [3.63, 3.8) is 0 Å². The van der Waals surface area contributed by atoms with Crippen LogP contribution in [0.2, 0.25) is 0 Å². The maximum atomic E-state index is 14.1. The van der Waals surface area contributed by atoms with Crippen LogP contribution in [0.15, 0.2) is 40.9 Å². The molecular formula is C22H22FN3O5. The van der Waals surface area contributed by atoms with E-state index in [-0.39, 0.29) is 23.3 Å². The fraction of sp³-hybridized carbons (Fsp3) is 0.318. The molecule has 3 aromatic rings. The van der Waals surface area contributed by atoms with Crippen LogP contribution in [-0.4, -0.2) is 48.8 Å². The first-order chi connectivity index (χ1) is 15.0. The van der Waals surface area contributed by atoms with Crippen LogP contribution in [0.4, 0.5) is 4.39 Å². The van der Waals surface area contributed by atoms with Crippen molar-refractivity contribution in [1.82, 2.24) is 15.0 Å². The van der Waals surface area contributed by atoms with Crippen LogP contribution in [-0.2, 0) is 0 Å². The largest absolute Gasteiger partial charge is 0.494 e. The average Bonchev–Trinajstić information content (AvgIpc) is 3.47. The molecule has 0 N–H and O–H groups in total. The normalized spacial score (nSPS) is 15.7. The summed E-state index contributed by atoms with van der Waals surface area (Å²) in [5.41, 5.74) is 0.936. The van der Waals surface area contributed by atoms with Gasteiger partial charge in [0.15, 0.2) is 23.1 Å². The Bertz CT molecular complexity index is 1100. The van der Waals surface area contributed by atoms with E-state index in [1.807, 2.05) is 0 Å². The highest BCUT2D eigenvalue weighted by molar-refractivity contribution is 5.94. The number of ether oxygens (including phenoxy) is 3. The molecule has 1 amide bonds. The number of methoxy groups -OCH3 is 3. The van der Waals surface area contributed by atoms with Gasteiger partial charge < -0.3 is 23.6 Å². The molecule has 0 saturated carbocycles. The van der Waals surface area contributed by atoms with Gasteiger partial charge in [0.1, 0.15) is 6.04 Å². The van der Waals surface area contributed by atoms with E-state index >= 15 is 0 Å². The summed E-state index contributed by atoms with van der Waals surface area (Å²) in [6, 6.07) is 9.10. The fourth-order valence-electron chi connectivity index (χ4n) is 3.69. The third-order valence-electron chi connectivity index (χ3n) is 5.28. The number of rotatable bonds is 6. The zero-order valence-corrected chi connectivity index (χ0v) is 17.4. The Morgan fingerprint density at radius 1 is 1.06 bits per heavy atom. The van der Waals surface area contributed by atoms with E-state index in [0.717, 1.165) is 6.42 Å². The Morgan fingerprint density at radius 3 is 2.52 bits per heavy atom. The summed E-state index contributed by atoms with van der Waals surface area (Å²) >= 11 is 0. The van der Waals surface area contributed by atoms with Gasteiger partial charge in [0, 0.05) is 17.7 Å². The molecule has 8 nitrogen and oxygen atoms in total. The molecular weight excluding hydrogens is 405 g/mol. The lowest BCUT2D eigenvalue weighted by Gasteiger charge is -2.22. The predicted molar refractivity (Wildman–Crippen MR) is 109 cm³/mol. The lowest BCUT2D eigenvalue weighted by atomic mass is 10.1. The molecule has 4 rings (SSSR count). The van der Waals surface area contributed by atoms with E-state index in [9.17, 15) is 9.18 Å². The number of aromatic nitrogens is 2. The zero-order valence-electron chi connectivity index (χ0n) is 17.4. The highest BCUT2D eigenvalue weighted by Crippen LogP contribution is 2.35. The quantitative estimate of drug-likeness (QED) is 0.590. The fourth-order valence-corrected chi connectivity index (χ4v) is 3.69. The summed E-state index contributed by atoms with van der Waals surface area (Å²) in [6.07, 6.45) is 1.46. The van der Waals surface area contributed by atoms with Crippen molar-refractivity contribution in [2.75, 3.05) is 27.9 Å². The lowest BCUT2D eigenvalue weighted by molar-refractivity contribution is 0.0709. The minimum Gasteiger partial charge on any atom is -0.494 e. The molecule has 9 heteroatoms. The van der Waals surface area contributed by atoms with Gasteiger partial charge in [-0.15, -0.1) is 0 Å². The van der Waals surface area contributed by atoms with Crippen LogP contribution < -0.4 is 14.2 Å². The van der Waals surface area contributed by atoms with Gasteiger partial charge in [-0.25, -0.2) is 4.39 Å². The molecule has 162 valence electrons. The standard InChI is InChI=1S/C22H22FN3O5/c1-28-17-8-7-14(11-15(17)23)22(27)26-10-4-5-16(26)21-24-20(25-31-21)13-6-9-18(29-2)19(12-13)30-3/h6-9,11-12,16H,4-5,10H2,1-3H3. The van der Waals surface area contributed by atoms with Crippen molar-refractivity contribution < 1.29 is 27.9 Å². The van der Waals surface area contributed by atoms with Crippen LogP contribution in [0.3, 0.4) is 0 Å². The molecule has 0 spiro atoms.